The first-order chi connectivity index (χ1) is 10.1. The number of hydrogen-bond acceptors (Lipinski definition) is 2. The van der Waals surface area contributed by atoms with Gasteiger partial charge in [0.05, 0.1) is 0 Å². The van der Waals surface area contributed by atoms with Crippen molar-refractivity contribution in [3.63, 3.8) is 0 Å². The Kier molecular flexibility index (Phi) is 6.81. The van der Waals surface area contributed by atoms with Crippen LogP contribution >= 0.6 is 11.6 Å². The molecule has 2 atom stereocenters. The first-order valence-corrected chi connectivity index (χ1v) is 9.02. The SMILES string of the molecule is C[C@@H](C[S@](C)=O)NC(=O)NCC(C)(C)c1ccc(F)cc1Cl. The van der Waals surface area contributed by atoms with Crippen molar-refractivity contribution in [2.45, 2.75) is 32.2 Å². The van der Waals surface area contributed by atoms with Crippen LogP contribution in [0.3, 0.4) is 0 Å². The van der Waals surface area contributed by atoms with Crippen LogP contribution in [-0.4, -0.2) is 34.8 Å². The van der Waals surface area contributed by atoms with E-state index >= 15 is 0 Å². The summed E-state index contributed by atoms with van der Waals surface area (Å²) in [5.41, 5.74) is 0.317. The lowest BCUT2D eigenvalue weighted by atomic mass is 9.84. The summed E-state index contributed by atoms with van der Waals surface area (Å²) in [7, 11) is -0.964. The van der Waals surface area contributed by atoms with E-state index in [-0.39, 0.29) is 12.1 Å². The van der Waals surface area contributed by atoms with Crippen LogP contribution in [0.25, 0.3) is 0 Å². The largest absolute Gasteiger partial charge is 0.337 e. The molecule has 7 heteroatoms. The molecule has 0 aliphatic rings. The third kappa shape index (κ3) is 5.93. The summed E-state index contributed by atoms with van der Waals surface area (Å²) in [5.74, 6) is 0.0114. The second kappa shape index (κ2) is 7.92. The van der Waals surface area contributed by atoms with Gasteiger partial charge in [-0.1, -0.05) is 31.5 Å². The highest BCUT2D eigenvalue weighted by Gasteiger charge is 2.24. The van der Waals surface area contributed by atoms with Gasteiger partial charge in [0.1, 0.15) is 5.82 Å². The molecule has 0 aliphatic carbocycles. The molecular weight excluding hydrogens is 327 g/mol. The van der Waals surface area contributed by atoms with Gasteiger partial charge in [-0.05, 0) is 24.6 Å². The minimum Gasteiger partial charge on any atom is -0.337 e. The van der Waals surface area contributed by atoms with E-state index in [1.54, 1.807) is 19.2 Å². The minimum absolute atomic E-state index is 0.177. The van der Waals surface area contributed by atoms with Crippen LogP contribution in [0, 0.1) is 5.82 Å². The summed E-state index contributed by atoms with van der Waals surface area (Å²) < 4.78 is 24.2. The predicted molar refractivity (Wildman–Crippen MR) is 89.4 cm³/mol. The van der Waals surface area contributed by atoms with E-state index in [0.717, 1.165) is 5.56 Å². The molecule has 2 N–H and O–H groups in total. The van der Waals surface area contributed by atoms with Crippen molar-refractivity contribution in [1.29, 1.82) is 0 Å². The average molecular weight is 349 g/mol. The first-order valence-electron chi connectivity index (χ1n) is 6.92. The Balaban J connectivity index is 2.61. The lowest BCUT2D eigenvalue weighted by molar-refractivity contribution is 0.236. The van der Waals surface area contributed by atoms with E-state index in [9.17, 15) is 13.4 Å². The van der Waals surface area contributed by atoms with Crippen molar-refractivity contribution in [2.24, 2.45) is 0 Å². The van der Waals surface area contributed by atoms with E-state index in [4.69, 9.17) is 11.6 Å². The van der Waals surface area contributed by atoms with Gasteiger partial charge in [-0.25, -0.2) is 9.18 Å². The fourth-order valence-corrected chi connectivity index (χ4v) is 3.31. The molecule has 0 radical (unpaired) electrons. The molecule has 0 heterocycles. The summed E-state index contributed by atoms with van der Waals surface area (Å²) in [6, 6.07) is 3.73. The van der Waals surface area contributed by atoms with Gasteiger partial charge < -0.3 is 10.6 Å². The van der Waals surface area contributed by atoms with Gasteiger partial charge in [0.25, 0.3) is 0 Å². The van der Waals surface area contributed by atoms with Gasteiger partial charge >= 0.3 is 6.03 Å². The summed E-state index contributed by atoms with van der Waals surface area (Å²) >= 11 is 6.07. The van der Waals surface area contributed by atoms with E-state index < -0.39 is 22.0 Å². The molecule has 0 saturated heterocycles. The quantitative estimate of drug-likeness (QED) is 0.830. The van der Waals surface area contributed by atoms with Crippen LogP contribution in [0.4, 0.5) is 9.18 Å². The van der Waals surface area contributed by atoms with Gasteiger partial charge in [0.2, 0.25) is 0 Å². The Morgan fingerprint density at radius 3 is 2.64 bits per heavy atom. The Bertz CT molecular complexity index is 566. The Morgan fingerprint density at radius 2 is 2.09 bits per heavy atom. The average Bonchev–Trinajstić information content (AvgIpc) is 2.34. The molecule has 124 valence electrons. The molecule has 0 bridgehead atoms. The normalized spacial score (nSPS) is 14.3. The second-order valence-electron chi connectivity index (χ2n) is 5.98. The van der Waals surface area contributed by atoms with Crippen LogP contribution in [0.5, 0.6) is 0 Å². The van der Waals surface area contributed by atoms with E-state index in [1.807, 2.05) is 13.8 Å². The van der Waals surface area contributed by atoms with Crippen LogP contribution in [0.1, 0.15) is 26.3 Å². The number of halogens is 2. The van der Waals surface area contributed by atoms with E-state index in [0.29, 0.717) is 17.3 Å². The molecule has 1 aromatic carbocycles. The topological polar surface area (TPSA) is 58.2 Å². The number of carbonyl (C=O) groups excluding carboxylic acids is 1. The zero-order valence-electron chi connectivity index (χ0n) is 13.2. The summed E-state index contributed by atoms with van der Waals surface area (Å²) in [6.07, 6.45) is 1.59. The summed E-state index contributed by atoms with van der Waals surface area (Å²) in [5, 5.41) is 5.82. The highest BCUT2D eigenvalue weighted by atomic mass is 35.5. The summed E-state index contributed by atoms with van der Waals surface area (Å²) in [4.78, 5) is 11.8. The Hall–Kier alpha value is -1.14. The molecular formula is C15H22ClFN2O2S. The fourth-order valence-electron chi connectivity index (χ4n) is 2.10. The van der Waals surface area contributed by atoms with Crippen molar-refractivity contribution in [3.8, 4) is 0 Å². The van der Waals surface area contributed by atoms with Crippen LogP contribution < -0.4 is 10.6 Å². The number of amides is 2. The molecule has 0 fully saturated rings. The van der Waals surface area contributed by atoms with Gasteiger partial charge in [-0.15, -0.1) is 0 Å². The minimum atomic E-state index is -0.964. The first kappa shape index (κ1) is 18.9. The highest BCUT2D eigenvalue weighted by molar-refractivity contribution is 7.84. The Morgan fingerprint density at radius 1 is 1.45 bits per heavy atom. The molecule has 4 nitrogen and oxygen atoms in total. The molecule has 0 spiro atoms. The van der Waals surface area contributed by atoms with Crippen LogP contribution in [0.15, 0.2) is 18.2 Å². The number of urea groups is 1. The monoisotopic (exact) mass is 348 g/mol. The maximum atomic E-state index is 13.1. The lowest BCUT2D eigenvalue weighted by Gasteiger charge is -2.27. The van der Waals surface area contributed by atoms with Crippen LogP contribution in [-0.2, 0) is 16.2 Å². The maximum Gasteiger partial charge on any atom is 0.315 e. The number of nitrogens with one attached hydrogen (secondary N) is 2. The molecule has 22 heavy (non-hydrogen) atoms. The van der Waals surface area contributed by atoms with Crippen molar-refractivity contribution in [1.82, 2.24) is 10.6 Å². The van der Waals surface area contributed by atoms with E-state index in [1.165, 1.54) is 12.1 Å². The smallest absolute Gasteiger partial charge is 0.315 e. The molecule has 0 aliphatic heterocycles. The van der Waals surface area contributed by atoms with Crippen molar-refractivity contribution < 1.29 is 13.4 Å². The molecule has 1 aromatic rings. The number of hydrogen-bond donors (Lipinski definition) is 2. The van der Waals surface area contributed by atoms with Gasteiger partial charge in [-0.3, -0.25) is 4.21 Å². The van der Waals surface area contributed by atoms with Crippen molar-refractivity contribution in [3.05, 3.63) is 34.6 Å². The van der Waals surface area contributed by atoms with E-state index in [2.05, 4.69) is 10.6 Å². The number of carbonyl (C=O) groups is 1. The van der Waals surface area contributed by atoms with Crippen molar-refractivity contribution in [2.75, 3.05) is 18.6 Å². The van der Waals surface area contributed by atoms with Crippen molar-refractivity contribution >= 4 is 28.4 Å². The van der Waals surface area contributed by atoms with Gasteiger partial charge in [0.15, 0.2) is 0 Å². The zero-order valence-corrected chi connectivity index (χ0v) is 14.8. The number of benzene rings is 1. The zero-order chi connectivity index (χ0) is 16.9. The summed E-state index contributed by atoms with van der Waals surface area (Å²) in [6.45, 7) is 5.96. The predicted octanol–water partition coefficient (Wildman–Crippen LogP) is 2.82. The lowest BCUT2D eigenvalue weighted by Crippen LogP contribution is -2.46. The number of rotatable bonds is 6. The molecule has 0 unspecified atom stereocenters. The molecule has 0 saturated carbocycles. The highest BCUT2D eigenvalue weighted by Crippen LogP contribution is 2.29. The second-order valence-corrected chi connectivity index (χ2v) is 7.86. The maximum absolute atomic E-state index is 13.1. The third-order valence-corrected chi connectivity index (χ3v) is 4.50. The standard InChI is InChI=1S/C15H22ClFN2O2S/c1-10(8-22(4)21)19-14(20)18-9-15(2,3)12-6-5-11(17)7-13(12)16/h5-7,10H,8-9H2,1-4H3,(H2,18,19,20)/t10-,22-/m0/s1. The van der Waals surface area contributed by atoms with Gasteiger partial charge in [-0.2, -0.15) is 0 Å². The molecule has 2 amide bonds. The Labute approximate surface area is 138 Å². The van der Waals surface area contributed by atoms with Gasteiger partial charge in [0, 0.05) is 45.8 Å². The third-order valence-electron chi connectivity index (χ3n) is 3.21. The van der Waals surface area contributed by atoms with Crippen LogP contribution in [0.2, 0.25) is 5.02 Å². The molecule has 0 aromatic heterocycles. The molecule has 1 rings (SSSR count). The fraction of sp³-hybridized carbons (Fsp3) is 0.533.